The van der Waals surface area contributed by atoms with Gasteiger partial charge >= 0.3 is 0 Å². The van der Waals surface area contributed by atoms with Crippen molar-refractivity contribution in [1.82, 2.24) is 0 Å². The van der Waals surface area contributed by atoms with E-state index in [1.54, 1.807) is 0 Å². The van der Waals surface area contributed by atoms with Crippen LogP contribution in [0.15, 0.2) is 24.3 Å². The molecule has 0 spiro atoms. The Balaban J connectivity index is 1.95. The van der Waals surface area contributed by atoms with Crippen molar-refractivity contribution in [2.75, 3.05) is 0 Å². The van der Waals surface area contributed by atoms with Gasteiger partial charge in [0.1, 0.15) is 11.5 Å². The molecule has 260 valence electrons. The molecule has 0 amide bonds. The van der Waals surface area contributed by atoms with Crippen LogP contribution in [0.3, 0.4) is 0 Å². The lowest BCUT2D eigenvalue weighted by Gasteiger charge is -2.34. The molecular weight excluding hydrogens is 601 g/mol. The van der Waals surface area contributed by atoms with Gasteiger partial charge in [-0.1, -0.05) is 147 Å². The SMILES string of the molecule is CC(C)C(C)(C)c1cc(C(C)(C)C)cc(CS[C@@H]2CCCCCC[C@H]2SCc2cc(C(C)(C)C)cc(C(C)(C)C(C)C)c2O)c1O. The van der Waals surface area contributed by atoms with Crippen LogP contribution in [0.4, 0.5) is 0 Å². The minimum Gasteiger partial charge on any atom is -0.507 e. The summed E-state index contributed by atoms with van der Waals surface area (Å²) in [6.45, 7) is 31.8. The van der Waals surface area contributed by atoms with Crippen molar-refractivity contribution >= 4 is 23.5 Å². The van der Waals surface area contributed by atoms with Gasteiger partial charge in [0, 0.05) is 44.3 Å². The maximum atomic E-state index is 11.7. The molecule has 1 aliphatic carbocycles. The fourth-order valence-electron chi connectivity index (χ4n) is 6.27. The quantitative estimate of drug-likeness (QED) is 0.264. The Morgan fingerprint density at radius 3 is 1.17 bits per heavy atom. The summed E-state index contributed by atoms with van der Waals surface area (Å²) in [5.74, 6) is 3.49. The second-order valence-corrected chi connectivity index (χ2v) is 20.5. The Morgan fingerprint density at radius 1 is 0.565 bits per heavy atom. The zero-order chi connectivity index (χ0) is 34.8. The standard InChI is InChI=1S/C42H68O2S2/c1-27(2)41(11,12)33-23-31(39(5,6)7)21-29(37(33)43)25-45-35-19-17-15-16-18-20-36(35)46-26-30-22-32(40(8,9)10)24-34(38(30)44)42(13,14)28(3)4/h21-24,27-28,35-36,43-44H,15-20,25-26H2,1-14H3/t35-,36-/m1/s1. The number of aromatic hydroxyl groups is 2. The van der Waals surface area contributed by atoms with E-state index in [-0.39, 0.29) is 21.7 Å². The normalized spacial score (nSPS) is 19.0. The molecule has 0 bridgehead atoms. The summed E-state index contributed by atoms with van der Waals surface area (Å²) in [5.41, 5.74) is 6.76. The molecule has 0 aliphatic heterocycles. The molecule has 0 unspecified atom stereocenters. The summed E-state index contributed by atoms with van der Waals surface area (Å²) in [6, 6.07) is 9.10. The van der Waals surface area contributed by atoms with E-state index in [9.17, 15) is 10.2 Å². The largest absolute Gasteiger partial charge is 0.507 e. The van der Waals surface area contributed by atoms with Crippen molar-refractivity contribution in [3.63, 3.8) is 0 Å². The van der Waals surface area contributed by atoms with Crippen LogP contribution in [-0.4, -0.2) is 20.7 Å². The lowest BCUT2D eigenvalue weighted by atomic mass is 9.72. The van der Waals surface area contributed by atoms with Crippen LogP contribution in [-0.2, 0) is 33.2 Å². The fraction of sp³-hybridized carbons (Fsp3) is 0.714. The third kappa shape index (κ3) is 9.25. The molecule has 0 aromatic heterocycles. The minimum atomic E-state index is -0.115. The lowest BCUT2D eigenvalue weighted by Crippen LogP contribution is -2.26. The molecule has 2 aromatic carbocycles. The predicted molar refractivity (Wildman–Crippen MR) is 207 cm³/mol. The molecule has 46 heavy (non-hydrogen) atoms. The maximum Gasteiger partial charge on any atom is 0.123 e. The molecule has 2 atom stereocenters. The van der Waals surface area contributed by atoms with Crippen molar-refractivity contribution in [3.05, 3.63) is 57.6 Å². The Hall–Kier alpha value is -1.26. The third-order valence-corrected chi connectivity index (χ3v) is 14.5. The predicted octanol–water partition coefficient (Wildman–Crippen LogP) is 12.8. The molecule has 0 radical (unpaired) electrons. The zero-order valence-corrected chi connectivity index (χ0v) is 33.6. The Kier molecular flexibility index (Phi) is 12.9. The highest BCUT2D eigenvalue weighted by Gasteiger charge is 2.33. The fourth-order valence-corrected chi connectivity index (χ4v) is 9.34. The van der Waals surface area contributed by atoms with E-state index in [2.05, 4.69) is 145 Å². The lowest BCUT2D eigenvalue weighted by molar-refractivity contribution is 0.349. The van der Waals surface area contributed by atoms with Gasteiger partial charge in [-0.3, -0.25) is 0 Å². The van der Waals surface area contributed by atoms with Crippen LogP contribution in [0, 0.1) is 11.8 Å². The van der Waals surface area contributed by atoms with Gasteiger partial charge in [-0.25, -0.2) is 0 Å². The molecule has 4 heteroatoms. The number of thioether (sulfide) groups is 2. The summed E-state index contributed by atoms with van der Waals surface area (Å²) >= 11 is 4.11. The summed E-state index contributed by atoms with van der Waals surface area (Å²) in [7, 11) is 0. The van der Waals surface area contributed by atoms with E-state index in [0.29, 0.717) is 33.8 Å². The molecule has 2 N–H and O–H groups in total. The van der Waals surface area contributed by atoms with Gasteiger partial charge in [-0.2, -0.15) is 23.5 Å². The van der Waals surface area contributed by atoms with Crippen molar-refractivity contribution in [1.29, 1.82) is 0 Å². The first-order valence-corrected chi connectivity index (χ1v) is 20.1. The van der Waals surface area contributed by atoms with Gasteiger partial charge in [-0.15, -0.1) is 0 Å². The summed E-state index contributed by atoms with van der Waals surface area (Å²) in [5, 5.41) is 24.5. The van der Waals surface area contributed by atoms with Crippen molar-refractivity contribution < 1.29 is 10.2 Å². The van der Waals surface area contributed by atoms with Crippen LogP contribution in [0.5, 0.6) is 11.5 Å². The molecule has 1 saturated carbocycles. The smallest absolute Gasteiger partial charge is 0.123 e. The van der Waals surface area contributed by atoms with Crippen molar-refractivity contribution in [2.24, 2.45) is 11.8 Å². The molecule has 3 rings (SSSR count). The Bertz CT molecular complexity index is 1200. The van der Waals surface area contributed by atoms with Crippen LogP contribution in [0.2, 0.25) is 0 Å². The highest BCUT2D eigenvalue weighted by Crippen LogP contribution is 2.46. The first-order valence-electron chi connectivity index (χ1n) is 18.0. The van der Waals surface area contributed by atoms with E-state index < -0.39 is 0 Å². The third-order valence-electron chi connectivity index (χ3n) is 11.4. The molecule has 2 aromatic rings. The number of hydrogen-bond donors (Lipinski definition) is 2. The molecule has 2 nitrogen and oxygen atoms in total. The number of rotatable bonds is 10. The summed E-state index contributed by atoms with van der Waals surface area (Å²) in [4.78, 5) is 0. The average molecular weight is 669 g/mol. The van der Waals surface area contributed by atoms with Gasteiger partial charge < -0.3 is 10.2 Å². The topological polar surface area (TPSA) is 40.5 Å². The molecule has 0 saturated heterocycles. The number of hydrogen-bond acceptors (Lipinski definition) is 4. The van der Waals surface area contributed by atoms with Crippen molar-refractivity contribution in [3.8, 4) is 11.5 Å². The van der Waals surface area contributed by atoms with Gasteiger partial charge in [0.2, 0.25) is 0 Å². The number of phenols is 2. The molecule has 1 aliphatic rings. The Labute approximate surface area is 292 Å². The Morgan fingerprint density at radius 2 is 0.891 bits per heavy atom. The van der Waals surface area contributed by atoms with Crippen molar-refractivity contribution in [2.45, 2.75) is 179 Å². The number of phenolic OH excluding ortho intramolecular Hbond substituents is 2. The van der Waals surface area contributed by atoms with E-state index in [4.69, 9.17) is 0 Å². The average Bonchev–Trinajstić information content (AvgIpc) is 2.91. The maximum absolute atomic E-state index is 11.7. The first-order chi connectivity index (χ1) is 21.1. The van der Waals surface area contributed by atoms with Crippen LogP contribution < -0.4 is 0 Å². The monoisotopic (exact) mass is 668 g/mol. The molecular formula is C42H68O2S2. The number of benzene rings is 2. The second-order valence-electron chi connectivity index (χ2n) is 18.0. The van der Waals surface area contributed by atoms with E-state index in [0.717, 1.165) is 33.8 Å². The summed E-state index contributed by atoms with van der Waals surface area (Å²) < 4.78 is 0. The summed E-state index contributed by atoms with van der Waals surface area (Å²) in [6.07, 6.45) is 7.60. The first kappa shape index (κ1) is 39.2. The van der Waals surface area contributed by atoms with Crippen LogP contribution in [0.25, 0.3) is 0 Å². The van der Waals surface area contributed by atoms with E-state index >= 15 is 0 Å². The second kappa shape index (κ2) is 15.1. The minimum absolute atomic E-state index is 0.0140. The van der Waals surface area contributed by atoms with Crippen LogP contribution in [0.1, 0.15) is 169 Å². The van der Waals surface area contributed by atoms with Gasteiger partial charge in [0.15, 0.2) is 0 Å². The van der Waals surface area contributed by atoms with E-state index in [1.807, 2.05) is 0 Å². The van der Waals surface area contributed by atoms with Gasteiger partial charge in [0.05, 0.1) is 0 Å². The highest BCUT2D eigenvalue weighted by atomic mass is 32.2. The molecule has 1 fully saturated rings. The zero-order valence-electron chi connectivity index (χ0n) is 32.0. The molecule has 0 heterocycles. The van der Waals surface area contributed by atoms with Gasteiger partial charge in [-0.05, 0) is 57.5 Å². The van der Waals surface area contributed by atoms with Gasteiger partial charge in [0.25, 0.3) is 0 Å². The van der Waals surface area contributed by atoms with E-state index in [1.165, 1.54) is 49.7 Å². The highest BCUT2D eigenvalue weighted by molar-refractivity contribution is 8.03. The van der Waals surface area contributed by atoms with Crippen LogP contribution >= 0.6 is 23.5 Å².